The average Bonchev–Trinajstić information content (AvgIpc) is 3.39. The standard InChI is InChI=1S/C22H24N6O/c1-27-7-9-28(10-8-27)14-17-3-2-4-18(11-17)22-25-21(29-26-22)13-16-5-6-19-20(12-16)24-15-23-19/h2-6,11-12,15H,7-10,13-14H2,1H3,(H,23,24). The predicted octanol–water partition coefficient (Wildman–Crippen LogP) is 2.95. The minimum atomic E-state index is 0.600. The summed E-state index contributed by atoms with van der Waals surface area (Å²) in [5.41, 5.74) is 5.36. The fourth-order valence-corrected chi connectivity index (χ4v) is 3.78. The lowest BCUT2D eigenvalue weighted by molar-refractivity contribution is 0.148. The van der Waals surface area contributed by atoms with Crippen LogP contribution in [0.25, 0.3) is 22.4 Å². The molecule has 3 heterocycles. The van der Waals surface area contributed by atoms with Crippen molar-refractivity contribution in [3.05, 3.63) is 65.8 Å². The van der Waals surface area contributed by atoms with Gasteiger partial charge in [-0.25, -0.2) is 4.98 Å². The van der Waals surface area contributed by atoms with Crippen molar-refractivity contribution in [2.45, 2.75) is 13.0 Å². The summed E-state index contributed by atoms with van der Waals surface area (Å²) in [6.07, 6.45) is 2.30. The molecule has 0 radical (unpaired) electrons. The van der Waals surface area contributed by atoms with Crippen LogP contribution in [0, 0.1) is 0 Å². The van der Waals surface area contributed by atoms with Crippen LogP contribution in [0.2, 0.25) is 0 Å². The average molecular weight is 388 g/mol. The van der Waals surface area contributed by atoms with Crippen LogP contribution in [0.4, 0.5) is 0 Å². The van der Waals surface area contributed by atoms with Crippen molar-refractivity contribution in [2.24, 2.45) is 0 Å². The Morgan fingerprint density at radius 2 is 1.93 bits per heavy atom. The highest BCUT2D eigenvalue weighted by Crippen LogP contribution is 2.20. The first kappa shape index (κ1) is 18.0. The number of piperazine rings is 1. The van der Waals surface area contributed by atoms with Crippen molar-refractivity contribution >= 4 is 11.0 Å². The molecule has 7 heteroatoms. The van der Waals surface area contributed by atoms with Crippen molar-refractivity contribution in [1.29, 1.82) is 0 Å². The Morgan fingerprint density at radius 3 is 2.83 bits per heavy atom. The number of H-pyrrole nitrogens is 1. The molecule has 4 aromatic rings. The number of imidazole rings is 1. The minimum absolute atomic E-state index is 0.600. The van der Waals surface area contributed by atoms with E-state index in [2.05, 4.69) is 61.2 Å². The van der Waals surface area contributed by atoms with Gasteiger partial charge in [-0.1, -0.05) is 29.4 Å². The molecule has 1 N–H and O–H groups in total. The second-order valence-electron chi connectivity index (χ2n) is 7.72. The SMILES string of the molecule is CN1CCN(Cc2cccc(-c3noc(Cc4ccc5nc[nH]c5c4)n3)c2)CC1. The number of hydrogen-bond acceptors (Lipinski definition) is 6. The van der Waals surface area contributed by atoms with E-state index >= 15 is 0 Å². The Balaban J connectivity index is 1.29. The third kappa shape index (κ3) is 4.06. The molecule has 2 aromatic carbocycles. The van der Waals surface area contributed by atoms with Gasteiger partial charge in [-0.05, 0) is 36.4 Å². The van der Waals surface area contributed by atoms with Gasteiger partial charge in [-0.15, -0.1) is 0 Å². The molecule has 5 rings (SSSR count). The van der Waals surface area contributed by atoms with Gasteiger partial charge in [0.2, 0.25) is 11.7 Å². The first-order valence-corrected chi connectivity index (χ1v) is 9.98. The second kappa shape index (κ2) is 7.77. The number of rotatable bonds is 5. The molecule has 0 bridgehead atoms. The van der Waals surface area contributed by atoms with Crippen molar-refractivity contribution in [3.63, 3.8) is 0 Å². The maximum absolute atomic E-state index is 5.52. The minimum Gasteiger partial charge on any atom is -0.345 e. The number of nitrogens with one attached hydrogen (secondary N) is 1. The van der Waals surface area contributed by atoms with Gasteiger partial charge in [-0.3, -0.25) is 4.90 Å². The summed E-state index contributed by atoms with van der Waals surface area (Å²) in [4.78, 5) is 16.9. The lowest BCUT2D eigenvalue weighted by Crippen LogP contribution is -2.43. The molecule has 1 aliphatic rings. The first-order valence-electron chi connectivity index (χ1n) is 9.98. The first-order chi connectivity index (χ1) is 14.2. The molecule has 148 valence electrons. The maximum atomic E-state index is 5.52. The van der Waals surface area contributed by atoms with E-state index in [-0.39, 0.29) is 0 Å². The molecule has 7 nitrogen and oxygen atoms in total. The smallest absolute Gasteiger partial charge is 0.231 e. The van der Waals surface area contributed by atoms with Crippen molar-refractivity contribution in [2.75, 3.05) is 33.2 Å². The summed E-state index contributed by atoms with van der Waals surface area (Å²) in [6, 6.07) is 14.6. The van der Waals surface area contributed by atoms with Gasteiger partial charge in [0.25, 0.3) is 0 Å². The summed E-state index contributed by atoms with van der Waals surface area (Å²) in [7, 11) is 2.18. The van der Waals surface area contributed by atoms with Crippen LogP contribution in [0.15, 0.2) is 53.3 Å². The summed E-state index contributed by atoms with van der Waals surface area (Å²) in [6.45, 7) is 5.41. The number of likely N-dealkylation sites (N-methyl/N-ethyl adjacent to an activating group) is 1. The van der Waals surface area contributed by atoms with E-state index in [9.17, 15) is 0 Å². The maximum Gasteiger partial charge on any atom is 0.231 e. The summed E-state index contributed by atoms with van der Waals surface area (Å²) in [5, 5.41) is 4.21. The van der Waals surface area contributed by atoms with E-state index in [1.807, 2.05) is 18.2 Å². The fourth-order valence-electron chi connectivity index (χ4n) is 3.78. The van der Waals surface area contributed by atoms with Crippen LogP contribution in [-0.4, -0.2) is 63.1 Å². The highest BCUT2D eigenvalue weighted by Gasteiger charge is 2.15. The van der Waals surface area contributed by atoms with Crippen molar-refractivity contribution < 1.29 is 4.52 Å². The summed E-state index contributed by atoms with van der Waals surface area (Å²) in [5.74, 6) is 1.26. The zero-order valence-corrected chi connectivity index (χ0v) is 16.5. The highest BCUT2D eigenvalue weighted by atomic mass is 16.5. The molecule has 1 saturated heterocycles. The molecule has 0 atom stereocenters. The summed E-state index contributed by atoms with van der Waals surface area (Å²) < 4.78 is 5.52. The predicted molar refractivity (Wildman–Crippen MR) is 111 cm³/mol. The van der Waals surface area contributed by atoms with Gasteiger partial charge in [0, 0.05) is 38.3 Å². The molecule has 0 aliphatic carbocycles. The van der Waals surface area contributed by atoms with Crippen LogP contribution < -0.4 is 0 Å². The number of aromatic amines is 1. The van der Waals surface area contributed by atoms with Crippen LogP contribution in [0.3, 0.4) is 0 Å². The van der Waals surface area contributed by atoms with Crippen LogP contribution in [0.1, 0.15) is 17.0 Å². The largest absolute Gasteiger partial charge is 0.345 e. The van der Waals surface area contributed by atoms with E-state index in [4.69, 9.17) is 4.52 Å². The molecule has 0 amide bonds. The van der Waals surface area contributed by atoms with E-state index in [1.165, 1.54) is 5.56 Å². The lowest BCUT2D eigenvalue weighted by atomic mass is 10.1. The van der Waals surface area contributed by atoms with Gasteiger partial charge < -0.3 is 14.4 Å². The van der Waals surface area contributed by atoms with Gasteiger partial charge in [0.15, 0.2) is 0 Å². The van der Waals surface area contributed by atoms with E-state index in [0.717, 1.165) is 54.9 Å². The number of benzene rings is 2. The Hall–Kier alpha value is -3.03. The lowest BCUT2D eigenvalue weighted by Gasteiger charge is -2.32. The Labute approximate surface area is 169 Å². The van der Waals surface area contributed by atoms with Crippen LogP contribution >= 0.6 is 0 Å². The van der Waals surface area contributed by atoms with Crippen LogP contribution in [0.5, 0.6) is 0 Å². The summed E-state index contributed by atoms with van der Waals surface area (Å²) >= 11 is 0. The molecule has 29 heavy (non-hydrogen) atoms. The number of nitrogens with zero attached hydrogens (tertiary/aromatic N) is 5. The molecular formula is C22H24N6O. The Kier molecular flexibility index (Phi) is 4.83. The zero-order valence-electron chi connectivity index (χ0n) is 16.5. The van der Waals surface area contributed by atoms with Crippen molar-refractivity contribution in [3.8, 4) is 11.4 Å². The molecule has 1 fully saturated rings. The van der Waals surface area contributed by atoms with E-state index < -0.39 is 0 Å². The van der Waals surface area contributed by atoms with Crippen molar-refractivity contribution in [1.82, 2.24) is 29.9 Å². The normalized spacial score (nSPS) is 15.9. The molecule has 1 aliphatic heterocycles. The fraction of sp³-hybridized carbons (Fsp3) is 0.318. The molecular weight excluding hydrogens is 364 g/mol. The highest BCUT2D eigenvalue weighted by molar-refractivity contribution is 5.75. The quantitative estimate of drug-likeness (QED) is 0.567. The monoisotopic (exact) mass is 388 g/mol. The Morgan fingerprint density at radius 1 is 1.03 bits per heavy atom. The molecule has 2 aromatic heterocycles. The number of hydrogen-bond donors (Lipinski definition) is 1. The third-order valence-electron chi connectivity index (χ3n) is 5.50. The van der Waals surface area contributed by atoms with Gasteiger partial charge >= 0.3 is 0 Å². The molecule has 0 saturated carbocycles. The number of aromatic nitrogens is 4. The van der Waals surface area contributed by atoms with Gasteiger partial charge in [0.1, 0.15) is 0 Å². The molecule has 0 unspecified atom stereocenters. The third-order valence-corrected chi connectivity index (χ3v) is 5.50. The topological polar surface area (TPSA) is 74.1 Å². The van der Waals surface area contributed by atoms with Gasteiger partial charge in [0.05, 0.1) is 23.8 Å². The second-order valence-corrected chi connectivity index (χ2v) is 7.72. The van der Waals surface area contributed by atoms with E-state index in [1.54, 1.807) is 6.33 Å². The van der Waals surface area contributed by atoms with E-state index in [0.29, 0.717) is 18.1 Å². The van der Waals surface area contributed by atoms with Gasteiger partial charge in [-0.2, -0.15) is 4.98 Å². The van der Waals surface area contributed by atoms with Crippen LogP contribution in [-0.2, 0) is 13.0 Å². The number of fused-ring (bicyclic) bond motifs is 1. The zero-order chi connectivity index (χ0) is 19.6. The Bertz CT molecular complexity index is 1110. The molecule has 0 spiro atoms.